The summed E-state index contributed by atoms with van der Waals surface area (Å²) in [5.41, 5.74) is 2.64. The molecular weight excluding hydrogens is 368 g/mol. The maximum atomic E-state index is 12.9. The standard InChI is InChI=1S/C22H24N4O3/c1-24(2)12-13-29-22(28)19-16-8-7-15(20(27)21-23-9-11-25(21)3)14-18(16)26-10-5-4-6-17(19)26/h4-8,10,14H,9,11-13H2,1-3H3. The molecule has 3 aromatic rings. The van der Waals surface area contributed by atoms with E-state index in [0.717, 1.165) is 23.0 Å². The van der Waals surface area contributed by atoms with E-state index in [4.69, 9.17) is 4.74 Å². The highest BCUT2D eigenvalue weighted by Gasteiger charge is 2.24. The molecule has 0 atom stereocenters. The summed E-state index contributed by atoms with van der Waals surface area (Å²) in [6, 6.07) is 11.1. The van der Waals surface area contributed by atoms with E-state index in [1.807, 2.05) is 71.9 Å². The first-order valence-corrected chi connectivity index (χ1v) is 9.62. The number of pyridine rings is 1. The minimum Gasteiger partial charge on any atom is -0.461 e. The van der Waals surface area contributed by atoms with Gasteiger partial charge in [-0.05, 0) is 32.3 Å². The molecule has 1 aliphatic heterocycles. The van der Waals surface area contributed by atoms with E-state index in [1.165, 1.54) is 0 Å². The van der Waals surface area contributed by atoms with Crippen molar-refractivity contribution in [2.45, 2.75) is 0 Å². The molecule has 0 amide bonds. The van der Waals surface area contributed by atoms with Gasteiger partial charge in [-0.1, -0.05) is 18.2 Å². The van der Waals surface area contributed by atoms with Gasteiger partial charge >= 0.3 is 5.97 Å². The second-order valence-corrected chi connectivity index (χ2v) is 7.46. The zero-order chi connectivity index (χ0) is 20.5. The largest absolute Gasteiger partial charge is 0.461 e. The molecule has 1 aliphatic rings. The lowest BCUT2D eigenvalue weighted by Gasteiger charge is -2.12. The minimum absolute atomic E-state index is 0.104. The summed E-state index contributed by atoms with van der Waals surface area (Å²) >= 11 is 0. The summed E-state index contributed by atoms with van der Waals surface area (Å²) in [6.07, 6.45) is 1.89. The zero-order valence-electron chi connectivity index (χ0n) is 16.9. The number of aliphatic imine (C=N–C) groups is 1. The Labute approximate surface area is 169 Å². The van der Waals surface area contributed by atoms with Gasteiger partial charge in [-0.2, -0.15) is 0 Å². The Morgan fingerprint density at radius 3 is 2.72 bits per heavy atom. The molecule has 0 N–H and O–H groups in total. The highest BCUT2D eigenvalue weighted by atomic mass is 16.5. The van der Waals surface area contributed by atoms with Gasteiger partial charge in [0, 0.05) is 37.3 Å². The molecule has 0 fully saturated rings. The summed E-state index contributed by atoms with van der Waals surface area (Å²) in [7, 11) is 5.74. The number of ether oxygens (including phenoxy) is 1. The number of carbonyl (C=O) groups excluding carboxylic acids is 2. The normalized spacial score (nSPS) is 14.1. The van der Waals surface area contributed by atoms with Crippen LogP contribution in [0.3, 0.4) is 0 Å². The Balaban J connectivity index is 1.77. The van der Waals surface area contributed by atoms with E-state index in [0.29, 0.717) is 36.7 Å². The van der Waals surface area contributed by atoms with Gasteiger partial charge in [-0.3, -0.25) is 9.79 Å². The number of rotatable bonds is 6. The fraction of sp³-hybridized carbons (Fsp3) is 0.318. The number of amidine groups is 1. The van der Waals surface area contributed by atoms with E-state index in [1.54, 1.807) is 6.07 Å². The Morgan fingerprint density at radius 1 is 1.17 bits per heavy atom. The van der Waals surface area contributed by atoms with Crippen molar-refractivity contribution in [1.82, 2.24) is 14.2 Å². The number of likely N-dealkylation sites (N-methyl/N-ethyl adjacent to an activating group) is 2. The van der Waals surface area contributed by atoms with Crippen molar-refractivity contribution in [2.75, 3.05) is 47.4 Å². The molecule has 1 aromatic carbocycles. The predicted molar refractivity (Wildman–Crippen MR) is 113 cm³/mol. The van der Waals surface area contributed by atoms with Crippen LogP contribution >= 0.6 is 0 Å². The highest BCUT2D eigenvalue weighted by Crippen LogP contribution is 2.28. The molecule has 0 spiro atoms. The maximum absolute atomic E-state index is 12.9. The average molecular weight is 392 g/mol. The number of hydrogen-bond donors (Lipinski definition) is 0. The number of hydrogen-bond acceptors (Lipinski definition) is 6. The fourth-order valence-electron chi connectivity index (χ4n) is 3.59. The SMILES string of the molecule is CN(C)CCOC(=O)c1c2ccc(C(=O)C3=NCCN3C)cc2n2ccccc12. The van der Waals surface area contributed by atoms with Crippen molar-refractivity contribution in [2.24, 2.45) is 4.99 Å². The average Bonchev–Trinajstić information content (AvgIpc) is 3.27. The van der Waals surface area contributed by atoms with E-state index in [-0.39, 0.29) is 11.8 Å². The number of esters is 1. The fourth-order valence-corrected chi connectivity index (χ4v) is 3.59. The number of fused-ring (bicyclic) bond motifs is 3. The van der Waals surface area contributed by atoms with E-state index in [9.17, 15) is 9.59 Å². The van der Waals surface area contributed by atoms with Crippen LogP contribution in [0.25, 0.3) is 16.4 Å². The molecule has 0 aliphatic carbocycles. The van der Waals surface area contributed by atoms with Crippen molar-refractivity contribution in [3.8, 4) is 0 Å². The van der Waals surface area contributed by atoms with Gasteiger partial charge in [-0.25, -0.2) is 4.79 Å². The summed E-state index contributed by atoms with van der Waals surface area (Å²) in [5, 5.41) is 0.768. The smallest absolute Gasteiger partial charge is 0.341 e. The van der Waals surface area contributed by atoms with E-state index >= 15 is 0 Å². The lowest BCUT2D eigenvalue weighted by Crippen LogP contribution is -2.29. The Hall–Kier alpha value is -3.19. The number of Topliss-reactive ketones (excluding diaryl/α,β-unsaturated/α-hetero) is 1. The molecule has 29 heavy (non-hydrogen) atoms. The third-order valence-electron chi connectivity index (χ3n) is 5.14. The van der Waals surface area contributed by atoms with E-state index < -0.39 is 0 Å². The first-order valence-electron chi connectivity index (χ1n) is 9.62. The Kier molecular flexibility index (Phi) is 5.07. The molecule has 150 valence electrons. The summed E-state index contributed by atoms with van der Waals surface area (Å²) in [4.78, 5) is 33.9. The number of benzene rings is 1. The van der Waals surface area contributed by atoms with Crippen molar-refractivity contribution >= 4 is 34.0 Å². The molecule has 0 saturated heterocycles. The number of nitrogens with zero attached hydrogens (tertiary/aromatic N) is 4. The first-order chi connectivity index (χ1) is 14.0. The Morgan fingerprint density at radius 2 is 2.00 bits per heavy atom. The van der Waals surface area contributed by atoms with Crippen LogP contribution in [-0.4, -0.2) is 79.2 Å². The third-order valence-corrected chi connectivity index (χ3v) is 5.14. The second-order valence-electron chi connectivity index (χ2n) is 7.46. The topological polar surface area (TPSA) is 66.6 Å². The molecule has 2 aromatic heterocycles. The number of aromatic nitrogens is 1. The molecule has 4 rings (SSSR count). The van der Waals surface area contributed by atoms with Crippen LogP contribution in [-0.2, 0) is 4.74 Å². The van der Waals surface area contributed by atoms with Gasteiger partial charge in [0.1, 0.15) is 6.61 Å². The third kappa shape index (κ3) is 3.49. The molecular formula is C22H24N4O3. The summed E-state index contributed by atoms with van der Waals surface area (Å²) < 4.78 is 7.43. The van der Waals surface area contributed by atoms with Crippen LogP contribution in [0.5, 0.6) is 0 Å². The summed E-state index contributed by atoms with van der Waals surface area (Å²) in [6.45, 7) is 2.36. The van der Waals surface area contributed by atoms with Gasteiger partial charge in [-0.15, -0.1) is 0 Å². The van der Waals surface area contributed by atoms with Crippen molar-refractivity contribution in [1.29, 1.82) is 0 Å². The quantitative estimate of drug-likeness (QED) is 0.476. The van der Waals surface area contributed by atoms with Crippen LogP contribution in [0.1, 0.15) is 20.7 Å². The molecule has 0 bridgehead atoms. The van der Waals surface area contributed by atoms with Crippen molar-refractivity contribution < 1.29 is 14.3 Å². The van der Waals surface area contributed by atoms with Crippen molar-refractivity contribution in [3.05, 3.63) is 53.7 Å². The molecule has 3 heterocycles. The lowest BCUT2D eigenvalue weighted by atomic mass is 10.1. The van der Waals surface area contributed by atoms with Crippen LogP contribution in [0, 0.1) is 0 Å². The second kappa shape index (κ2) is 7.67. The monoisotopic (exact) mass is 392 g/mol. The zero-order valence-corrected chi connectivity index (χ0v) is 16.9. The van der Waals surface area contributed by atoms with Gasteiger partial charge in [0.25, 0.3) is 0 Å². The number of ketones is 1. The Bertz CT molecular complexity index is 1130. The van der Waals surface area contributed by atoms with E-state index in [2.05, 4.69) is 4.99 Å². The van der Waals surface area contributed by atoms with Crippen LogP contribution in [0.4, 0.5) is 0 Å². The van der Waals surface area contributed by atoms with Gasteiger partial charge in [0.05, 0.1) is 23.1 Å². The summed E-state index contributed by atoms with van der Waals surface area (Å²) in [5.74, 6) is 0.0194. The molecule has 7 heteroatoms. The van der Waals surface area contributed by atoms with Crippen LogP contribution in [0.2, 0.25) is 0 Å². The van der Waals surface area contributed by atoms with Crippen LogP contribution < -0.4 is 0 Å². The first kappa shape index (κ1) is 19.1. The van der Waals surface area contributed by atoms with Gasteiger partial charge < -0.3 is 18.9 Å². The molecule has 7 nitrogen and oxygen atoms in total. The van der Waals surface area contributed by atoms with Gasteiger partial charge in [0.2, 0.25) is 5.78 Å². The molecule has 0 saturated carbocycles. The minimum atomic E-state index is -0.357. The molecule has 0 radical (unpaired) electrons. The van der Waals surface area contributed by atoms with Crippen LogP contribution in [0.15, 0.2) is 47.6 Å². The highest BCUT2D eigenvalue weighted by molar-refractivity contribution is 6.45. The van der Waals surface area contributed by atoms with Crippen molar-refractivity contribution in [3.63, 3.8) is 0 Å². The number of carbonyl (C=O) groups is 2. The predicted octanol–water partition coefficient (Wildman–Crippen LogP) is 2.34. The van der Waals surface area contributed by atoms with Gasteiger partial charge in [0.15, 0.2) is 5.84 Å². The molecule has 0 unspecified atom stereocenters. The maximum Gasteiger partial charge on any atom is 0.341 e. The lowest BCUT2D eigenvalue weighted by molar-refractivity contribution is 0.0486.